The summed E-state index contributed by atoms with van der Waals surface area (Å²) < 4.78 is 50.7. The van der Waals surface area contributed by atoms with Crippen molar-refractivity contribution in [3.8, 4) is 28.0 Å². The van der Waals surface area contributed by atoms with E-state index >= 15 is 4.39 Å². The minimum atomic E-state index is -0.964. The molecule has 0 radical (unpaired) electrons. The first-order chi connectivity index (χ1) is 23.0. The summed E-state index contributed by atoms with van der Waals surface area (Å²) in [6.07, 6.45) is 23.0. The number of halogens is 3. The van der Waals surface area contributed by atoms with E-state index in [1.54, 1.807) is 36.4 Å². The molecule has 0 spiro atoms. The highest BCUT2D eigenvalue weighted by molar-refractivity contribution is 5.71. The molecular weight excluding hydrogens is 589 g/mol. The van der Waals surface area contributed by atoms with E-state index in [4.69, 9.17) is 4.74 Å². The molecule has 2 fully saturated rings. The van der Waals surface area contributed by atoms with Gasteiger partial charge in [-0.1, -0.05) is 121 Å². The largest absolute Gasteiger partial charge is 0.490 e. The molecule has 2 aliphatic carbocycles. The smallest absolute Gasteiger partial charge is 0.201 e. The van der Waals surface area contributed by atoms with Crippen molar-refractivity contribution in [3.63, 3.8) is 0 Å². The Morgan fingerprint density at radius 1 is 0.574 bits per heavy atom. The normalized spacial score (nSPS) is 21.6. The molecule has 3 aromatic rings. The third-order valence-corrected chi connectivity index (χ3v) is 11.3. The zero-order valence-electron chi connectivity index (χ0n) is 29.0. The molecule has 2 saturated carbocycles. The van der Waals surface area contributed by atoms with Crippen LogP contribution in [0, 0.1) is 35.2 Å². The van der Waals surface area contributed by atoms with Crippen molar-refractivity contribution in [2.75, 3.05) is 6.61 Å². The second kappa shape index (κ2) is 18.1. The van der Waals surface area contributed by atoms with Gasteiger partial charge in [0.05, 0.1) is 6.61 Å². The van der Waals surface area contributed by atoms with Gasteiger partial charge in [0, 0.05) is 11.1 Å². The molecule has 4 heteroatoms. The third-order valence-electron chi connectivity index (χ3n) is 11.3. The molecular formula is C43H57F3O. The van der Waals surface area contributed by atoms with E-state index in [-0.39, 0.29) is 17.1 Å². The van der Waals surface area contributed by atoms with Crippen molar-refractivity contribution < 1.29 is 17.9 Å². The molecule has 3 aromatic carbocycles. The monoisotopic (exact) mass is 646 g/mol. The molecule has 0 bridgehead atoms. The van der Waals surface area contributed by atoms with E-state index in [9.17, 15) is 8.78 Å². The van der Waals surface area contributed by atoms with Crippen LogP contribution in [0.1, 0.15) is 141 Å². The van der Waals surface area contributed by atoms with Crippen LogP contribution >= 0.6 is 0 Å². The first-order valence-electron chi connectivity index (χ1n) is 19.0. The maximum Gasteiger partial charge on any atom is 0.201 e. The first-order valence-corrected chi connectivity index (χ1v) is 19.0. The quantitative estimate of drug-likeness (QED) is 0.141. The minimum Gasteiger partial charge on any atom is -0.490 e. The van der Waals surface area contributed by atoms with Crippen LogP contribution in [0.15, 0.2) is 54.6 Å². The van der Waals surface area contributed by atoms with Crippen molar-refractivity contribution in [1.29, 1.82) is 0 Å². The van der Waals surface area contributed by atoms with Crippen molar-refractivity contribution in [2.24, 2.45) is 17.8 Å². The lowest BCUT2D eigenvalue weighted by Crippen LogP contribution is -2.25. The van der Waals surface area contributed by atoms with Crippen LogP contribution in [0.5, 0.6) is 5.75 Å². The van der Waals surface area contributed by atoms with Gasteiger partial charge in [-0.15, -0.1) is 0 Å². The predicted molar refractivity (Wildman–Crippen MR) is 190 cm³/mol. The third kappa shape index (κ3) is 9.67. The molecule has 0 aromatic heterocycles. The fourth-order valence-electron chi connectivity index (χ4n) is 8.33. The highest BCUT2D eigenvalue weighted by atomic mass is 19.2. The lowest BCUT2D eigenvalue weighted by molar-refractivity contribution is 0.155. The maximum absolute atomic E-state index is 15.5. The Bertz CT molecular complexity index is 1370. The van der Waals surface area contributed by atoms with Gasteiger partial charge in [0.1, 0.15) is 5.82 Å². The first kappa shape index (κ1) is 35.6. The Balaban J connectivity index is 1.11. The average Bonchev–Trinajstić information content (AvgIpc) is 3.10. The van der Waals surface area contributed by atoms with Gasteiger partial charge in [-0.25, -0.2) is 8.78 Å². The van der Waals surface area contributed by atoms with Crippen LogP contribution < -0.4 is 4.74 Å². The van der Waals surface area contributed by atoms with E-state index in [1.807, 2.05) is 6.07 Å². The van der Waals surface area contributed by atoms with Gasteiger partial charge in [-0.05, 0) is 104 Å². The Morgan fingerprint density at radius 2 is 1.15 bits per heavy atom. The number of hydrogen-bond acceptors (Lipinski definition) is 1. The van der Waals surface area contributed by atoms with Crippen LogP contribution in [-0.2, 0) is 0 Å². The molecule has 2 aliphatic rings. The molecule has 0 N–H and O–H groups in total. The predicted octanol–water partition coefficient (Wildman–Crippen LogP) is 13.8. The zero-order chi connectivity index (χ0) is 33.0. The van der Waals surface area contributed by atoms with Gasteiger partial charge in [-0.2, -0.15) is 4.39 Å². The van der Waals surface area contributed by atoms with Crippen LogP contribution in [-0.4, -0.2) is 6.61 Å². The van der Waals surface area contributed by atoms with E-state index in [0.29, 0.717) is 23.7 Å². The molecule has 0 unspecified atom stereocenters. The van der Waals surface area contributed by atoms with Crippen LogP contribution in [0.2, 0.25) is 0 Å². The van der Waals surface area contributed by atoms with E-state index in [0.717, 1.165) is 67.4 Å². The van der Waals surface area contributed by atoms with Gasteiger partial charge in [0.25, 0.3) is 0 Å². The number of unbranched alkanes of at least 4 members (excludes halogenated alkanes) is 7. The molecule has 0 atom stereocenters. The van der Waals surface area contributed by atoms with Gasteiger partial charge in [-0.3, -0.25) is 0 Å². The molecule has 0 heterocycles. The van der Waals surface area contributed by atoms with Gasteiger partial charge < -0.3 is 4.74 Å². The average molecular weight is 647 g/mol. The molecule has 256 valence electrons. The van der Waals surface area contributed by atoms with E-state index in [2.05, 4.69) is 19.9 Å². The maximum atomic E-state index is 15.5. The van der Waals surface area contributed by atoms with Crippen LogP contribution in [0.4, 0.5) is 13.2 Å². The molecule has 0 aliphatic heterocycles. The standard InChI is InChI=1S/C43H57F3O/c1-3-5-7-9-10-12-31-13-15-32(16-14-31)33-17-19-34(20-18-33)37-25-26-38(40(44)30-37)35-21-23-36(24-22-35)39-27-28-41(43(46)42(39)45)47-29-11-8-6-4-2/h21-28,30-34H,3-20,29H2,1-2H3. The summed E-state index contributed by atoms with van der Waals surface area (Å²) in [4.78, 5) is 0. The molecule has 0 saturated heterocycles. The zero-order valence-corrected chi connectivity index (χ0v) is 29.0. The Kier molecular flexibility index (Phi) is 13.7. The lowest BCUT2D eigenvalue weighted by Gasteiger charge is -2.38. The summed E-state index contributed by atoms with van der Waals surface area (Å²) >= 11 is 0. The van der Waals surface area contributed by atoms with Gasteiger partial charge in [0.15, 0.2) is 11.6 Å². The van der Waals surface area contributed by atoms with Gasteiger partial charge in [0.2, 0.25) is 5.82 Å². The van der Waals surface area contributed by atoms with Crippen LogP contribution in [0.3, 0.4) is 0 Å². The highest BCUT2D eigenvalue weighted by Gasteiger charge is 2.31. The summed E-state index contributed by atoms with van der Waals surface area (Å²) in [7, 11) is 0. The van der Waals surface area contributed by atoms with Crippen molar-refractivity contribution in [1.82, 2.24) is 0 Å². The summed E-state index contributed by atoms with van der Waals surface area (Å²) in [6, 6.07) is 15.8. The minimum absolute atomic E-state index is 0.0547. The Morgan fingerprint density at radius 3 is 1.79 bits per heavy atom. The van der Waals surface area contributed by atoms with Crippen molar-refractivity contribution in [2.45, 2.75) is 135 Å². The second-order valence-electron chi connectivity index (χ2n) is 14.6. The fourth-order valence-corrected chi connectivity index (χ4v) is 8.33. The van der Waals surface area contributed by atoms with Gasteiger partial charge >= 0.3 is 0 Å². The Labute approximate surface area is 282 Å². The topological polar surface area (TPSA) is 9.23 Å². The fraction of sp³-hybridized carbons (Fsp3) is 0.581. The van der Waals surface area contributed by atoms with E-state index < -0.39 is 11.6 Å². The van der Waals surface area contributed by atoms with Crippen molar-refractivity contribution in [3.05, 3.63) is 77.6 Å². The number of benzene rings is 3. The summed E-state index contributed by atoms with van der Waals surface area (Å²) in [5.41, 5.74) is 3.09. The van der Waals surface area contributed by atoms with Crippen LogP contribution in [0.25, 0.3) is 22.3 Å². The van der Waals surface area contributed by atoms with E-state index in [1.165, 1.54) is 83.1 Å². The lowest BCUT2D eigenvalue weighted by atomic mass is 9.68. The second-order valence-corrected chi connectivity index (χ2v) is 14.6. The summed E-state index contributed by atoms with van der Waals surface area (Å²) in [5, 5.41) is 0. The number of ether oxygens (including phenoxy) is 1. The molecule has 0 amide bonds. The summed E-state index contributed by atoms with van der Waals surface area (Å²) in [5.74, 6) is 0.968. The number of hydrogen-bond donors (Lipinski definition) is 0. The number of rotatable bonds is 16. The SMILES string of the molecule is CCCCCCCC1CCC(C2CCC(c3ccc(-c4ccc(-c5ccc(OCCCCCC)c(F)c5F)cc4)c(F)c3)CC2)CC1. The van der Waals surface area contributed by atoms with Crippen molar-refractivity contribution >= 4 is 0 Å². The molecule has 1 nitrogen and oxygen atoms in total. The molecule has 47 heavy (non-hydrogen) atoms. The molecule has 5 rings (SSSR count). The summed E-state index contributed by atoms with van der Waals surface area (Å²) in [6.45, 7) is 4.78. The highest BCUT2D eigenvalue weighted by Crippen LogP contribution is 2.45. The Hall–Kier alpha value is -2.75.